The van der Waals surface area contributed by atoms with E-state index in [2.05, 4.69) is 10.2 Å². The summed E-state index contributed by atoms with van der Waals surface area (Å²) in [4.78, 5) is 0. The van der Waals surface area contributed by atoms with Crippen molar-refractivity contribution in [3.8, 4) is 17.2 Å². The third kappa shape index (κ3) is 1.15. The maximum Gasteiger partial charge on any atom is 0.176 e. The predicted molar refractivity (Wildman–Crippen MR) is 59.9 cm³/mol. The van der Waals surface area contributed by atoms with Gasteiger partial charge in [0.2, 0.25) is 0 Å². The average Bonchev–Trinajstić information content (AvgIpc) is 2.84. The Morgan fingerprint density at radius 2 is 2.25 bits per heavy atom. The number of phenols is 1. The molecule has 0 aliphatic heterocycles. The molecule has 16 heavy (non-hydrogen) atoms. The molecule has 0 unspecified atom stereocenters. The van der Waals surface area contributed by atoms with Crippen molar-refractivity contribution in [2.24, 2.45) is 0 Å². The van der Waals surface area contributed by atoms with E-state index in [-0.39, 0.29) is 5.75 Å². The van der Waals surface area contributed by atoms with Crippen molar-refractivity contribution in [3.63, 3.8) is 0 Å². The van der Waals surface area contributed by atoms with Crippen LogP contribution in [0.1, 0.15) is 0 Å². The Morgan fingerprint density at radius 3 is 2.94 bits per heavy atom. The van der Waals surface area contributed by atoms with Gasteiger partial charge in [0, 0.05) is 5.39 Å². The van der Waals surface area contributed by atoms with Gasteiger partial charge < -0.3 is 15.3 Å². The maximum absolute atomic E-state index is 9.60. The normalized spacial score (nSPS) is 11.0. The summed E-state index contributed by atoms with van der Waals surface area (Å²) in [7, 11) is 0. The molecule has 1 aromatic carbocycles. The summed E-state index contributed by atoms with van der Waals surface area (Å²) in [5.74, 6) is 0.674. The number of H-pyrrole nitrogens is 1. The molecule has 5 heteroatoms. The summed E-state index contributed by atoms with van der Waals surface area (Å²) in [6.45, 7) is 0. The summed E-state index contributed by atoms with van der Waals surface area (Å²) in [5, 5.41) is 17.0. The van der Waals surface area contributed by atoms with Gasteiger partial charge in [-0.05, 0) is 12.1 Å². The largest absolute Gasteiger partial charge is 0.504 e. The molecule has 2 heterocycles. The van der Waals surface area contributed by atoms with E-state index in [9.17, 15) is 5.11 Å². The molecule has 0 saturated heterocycles. The highest BCUT2D eigenvalue weighted by molar-refractivity contribution is 5.87. The van der Waals surface area contributed by atoms with Gasteiger partial charge in [0.25, 0.3) is 0 Å². The second-order valence-corrected chi connectivity index (χ2v) is 3.51. The first-order valence-electron chi connectivity index (χ1n) is 4.76. The number of phenolic OH excluding ortho intramolecular Hbond substituents is 1. The molecule has 3 rings (SSSR count). The van der Waals surface area contributed by atoms with Crippen molar-refractivity contribution < 1.29 is 9.52 Å². The molecule has 0 spiro atoms. The third-order valence-electron chi connectivity index (χ3n) is 2.44. The van der Waals surface area contributed by atoms with Crippen LogP contribution < -0.4 is 5.73 Å². The lowest BCUT2D eigenvalue weighted by Crippen LogP contribution is -1.84. The maximum atomic E-state index is 9.60. The van der Waals surface area contributed by atoms with E-state index in [1.54, 1.807) is 18.2 Å². The van der Waals surface area contributed by atoms with Gasteiger partial charge in [-0.3, -0.25) is 5.10 Å². The minimum Gasteiger partial charge on any atom is -0.504 e. The first-order valence-corrected chi connectivity index (χ1v) is 4.76. The van der Waals surface area contributed by atoms with E-state index in [4.69, 9.17) is 10.2 Å². The van der Waals surface area contributed by atoms with Crippen LogP contribution in [0.15, 0.2) is 34.9 Å². The molecule has 0 amide bonds. The highest BCUT2D eigenvalue weighted by Crippen LogP contribution is 2.33. The SMILES string of the molecule is Nc1cn[nH]c1-c1cc2cccc(O)c2o1. The Kier molecular flexibility index (Phi) is 1.67. The van der Waals surface area contributed by atoms with Crippen molar-refractivity contribution in [1.82, 2.24) is 10.2 Å². The van der Waals surface area contributed by atoms with Crippen molar-refractivity contribution in [2.75, 3.05) is 5.73 Å². The number of para-hydroxylation sites is 1. The second-order valence-electron chi connectivity index (χ2n) is 3.51. The lowest BCUT2D eigenvalue weighted by atomic mass is 10.2. The Hall–Kier alpha value is -2.43. The van der Waals surface area contributed by atoms with Gasteiger partial charge in [0.1, 0.15) is 5.69 Å². The molecule has 0 saturated carbocycles. The van der Waals surface area contributed by atoms with Gasteiger partial charge in [-0.1, -0.05) is 12.1 Å². The number of fused-ring (bicyclic) bond motifs is 1. The Bertz CT molecular complexity index is 654. The fourth-order valence-corrected chi connectivity index (χ4v) is 1.66. The summed E-state index contributed by atoms with van der Waals surface area (Å²) >= 11 is 0. The van der Waals surface area contributed by atoms with Crippen LogP contribution in [0.25, 0.3) is 22.4 Å². The Balaban J connectivity index is 2.27. The van der Waals surface area contributed by atoms with Crippen LogP contribution >= 0.6 is 0 Å². The van der Waals surface area contributed by atoms with Crippen molar-refractivity contribution in [1.29, 1.82) is 0 Å². The van der Waals surface area contributed by atoms with Crippen LogP contribution in [0.3, 0.4) is 0 Å². The first kappa shape index (κ1) is 8.84. The molecule has 4 N–H and O–H groups in total. The number of nitrogen functional groups attached to an aromatic ring is 1. The van der Waals surface area contributed by atoms with Gasteiger partial charge in [-0.2, -0.15) is 5.10 Å². The number of nitrogens with one attached hydrogen (secondary N) is 1. The van der Waals surface area contributed by atoms with Crippen LogP contribution in [0.5, 0.6) is 5.75 Å². The predicted octanol–water partition coefficient (Wildman–Crippen LogP) is 2.11. The number of aromatic nitrogens is 2. The van der Waals surface area contributed by atoms with E-state index in [1.807, 2.05) is 6.07 Å². The summed E-state index contributed by atoms with van der Waals surface area (Å²) in [5.41, 5.74) is 7.30. The summed E-state index contributed by atoms with van der Waals surface area (Å²) < 4.78 is 5.52. The summed E-state index contributed by atoms with van der Waals surface area (Å²) in [6.07, 6.45) is 1.52. The van der Waals surface area contributed by atoms with E-state index in [0.29, 0.717) is 22.7 Å². The molecular weight excluding hydrogens is 206 g/mol. The number of furan rings is 1. The lowest BCUT2D eigenvalue weighted by Gasteiger charge is -1.93. The number of hydrogen-bond donors (Lipinski definition) is 3. The minimum absolute atomic E-state index is 0.113. The Labute approximate surface area is 90.5 Å². The van der Waals surface area contributed by atoms with Gasteiger partial charge in [0.15, 0.2) is 17.1 Å². The number of rotatable bonds is 1. The highest BCUT2D eigenvalue weighted by Gasteiger charge is 2.12. The van der Waals surface area contributed by atoms with Crippen LogP contribution in [-0.2, 0) is 0 Å². The van der Waals surface area contributed by atoms with Gasteiger partial charge in [-0.25, -0.2) is 0 Å². The minimum atomic E-state index is 0.113. The van der Waals surface area contributed by atoms with Gasteiger partial charge >= 0.3 is 0 Å². The van der Waals surface area contributed by atoms with Crippen LogP contribution in [0.4, 0.5) is 5.69 Å². The van der Waals surface area contributed by atoms with E-state index in [0.717, 1.165) is 5.39 Å². The standard InChI is InChI=1S/C11H9N3O2/c12-7-5-13-14-10(7)9-4-6-2-1-3-8(15)11(6)16-9/h1-5,15H,12H2,(H,13,14). The molecule has 0 atom stereocenters. The smallest absolute Gasteiger partial charge is 0.176 e. The van der Waals surface area contributed by atoms with Crippen molar-refractivity contribution in [2.45, 2.75) is 0 Å². The number of aromatic hydroxyl groups is 1. The zero-order chi connectivity index (χ0) is 11.1. The first-order chi connectivity index (χ1) is 7.75. The molecular formula is C11H9N3O2. The van der Waals surface area contributed by atoms with E-state index >= 15 is 0 Å². The highest BCUT2D eigenvalue weighted by atomic mass is 16.4. The quantitative estimate of drug-likeness (QED) is 0.580. The molecule has 5 nitrogen and oxygen atoms in total. The zero-order valence-electron chi connectivity index (χ0n) is 8.27. The molecule has 3 aromatic rings. The van der Waals surface area contributed by atoms with Crippen molar-refractivity contribution in [3.05, 3.63) is 30.5 Å². The molecule has 0 radical (unpaired) electrons. The van der Waals surface area contributed by atoms with Crippen LogP contribution in [0.2, 0.25) is 0 Å². The van der Waals surface area contributed by atoms with Crippen LogP contribution in [-0.4, -0.2) is 15.3 Å². The number of hydrogen-bond acceptors (Lipinski definition) is 4. The fraction of sp³-hybridized carbons (Fsp3) is 0. The van der Waals surface area contributed by atoms with Gasteiger partial charge in [0.05, 0.1) is 11.9 Å². The molecule has 80 valence electrons. The fourth-order valence-electron chi connectivity index (χ4n) is 1.66. The topological polar surface area (TPSA) is 88.1 Å². The monoisotopic (exact) mass is 215 g/mol. The molecule has 0 fully saturated rings. The van der Waals surface area contributed by atoms with E-state index in [1.165, 1.54) is 6.20 Å². The zero-order valence-corrected chi connectivity index (χ0v) is 8.27. The molecule has 0 bridgehead atoms. The third-order valence-corrected chi connectivity index (χ3v) is 2.44. The second kappa shape index (κ2) is 3.03. The van der Waals surface area contributed by atoms with Crippen LogP contribution in [0, 0.1) is 0 Å². The van der Waals surface area contributed by atoms with E-state index < -0.39 is 0 Å². The number of nitrogens with zero attached hydrogens (tertiary/aromatic N) is 1. The number of anilines is 1. The number of benzene rings is 1. The lowest BCUT2D eigenvalue weighted by molar-refractivity contribution is 0.466. The molecule has 0 aliphatic rings. The summed E-state index contributed by atoms with van der Waals surface area (Å²) in [6, 6.07) is 6.99. The molecule has 0 aliphatic carbocycles. The average molecular weight is 215 g/mol. The Morgan fingerprint density at radius 1 is 1.38 bits per heavy atom. The number of nitrogens with two attached hydrogens (primary N) is 1. The number of aromatic amines is 1. The van der Waals surface area contributed by atoms with Gasteiger partial charge in [-0.15, -0.1) is 0 Å². The molecule has 2 aromatic heterocycles. The van der Waals surface area contributed by atoms with Crippen molar-refractivity contribution >= 4 is 16.7 Å².